The lowest BCUT2D eigenvalue weighted by Gasteiger charge is -2.32. The second-order valence-corrected chi connectivity index (χ2v) is 8.72. The molecular weight excluding hydrogens is 317 g/mol. The van der Waals surface area contributed by atoms with Crippen molar-refractivity contribution in [2.24, 2.45) is 0 Å². The minimum atomic E-state index is -0.493. The Hall–Kier alpha value is -1.27. The minimum absolute atomic E-state index is 0.00831. The van der Waals surface area contributed by atoms with Crippen molar-refractivity contribution >= 4 is 13.2 Å². The van der Waals surface area contributed by atoms with E-state index in [1.807, 2.05) is 67.5 Å². The van der Waals surface area contributed by atoms with E-state index in [9.17, 15) is 4.79 Å². The summed E-state index contributed by atoms with van der Waals surface area (Å²) in [5, 5.41) is 0. The van der Waals surface area contributed by atoms with Crippen molar-refractivity contribution in [3.05, 3.63) is 23.7 Å². The number of hydrogen-bond acceptors (Lipinski definition) is 4. The number of hydrogen-bond donors (Lipinski definition) is 0. The second-order valence-electron chi connectivity index (χ2n) is 8.72. The fourth-order valence-corrected chi connectivity index (χ4v) is 2.83. The first-order chi connectivity index (χ1) is 11.4. The standard InChI is InChI=1S/C19H32BNO4/c1-9-21(16(22)23-17(2,3)4)15-12-10-14(11-13-15)20-24-18(5,6)19(7,8)25-20/h10-12,15H,9,13H2,1-8H3. The van der Waals surface area contributed by atoms with E-state index in [1.54, 1.807) is 4.90 Å². The molecule has 1 aliphatic carbocycles. The smallest absolute Gasteiger partial charge is 0.444 e. The molecule has 0 bridgehead atoms. The highest BCUT2D eigenvalue weighted by Gasteiger charge is 2.52. The summed E-state index contributed by atoms with van der Waals surface area (Å²) in [7, 11) is -0.362. The van der Waals surface area contributed by atoms with Gasteiger partial charge in [-0.05, 0) is 67.3 Å². The second kappa shape index (κ2) is 6.80. The Balaban J connectivity index is 2.03. The Morgan fingerprint density at radius 2 is 1.84 bits per heavy atom. The zero-order valence-electron chi connectivity index (χ0n) is 16.9. The highest BCUT2D eigenvalue weighted by Crippen LogP contribution is 2.39. The fourth-order valence-electron chi connectivity index (χ4n) is 2.83. The van der Waals surface area contributed by atoms with Crippen LogP contribution in [0, 0.1) is 0 Å². The van der Waals surface area contributed by atoms with Gasteiger partial charge in [-0.2, -0.15) is 0 Å². The SMILES string of the molecule is CCN(C(=O)OC(C)(C)C)C1C=CC(B2OC(C)(C)C(C)(C)O2)=CC1. The van der Waals surface area contributed by atoms with Crippen LogP contribution in [0.4, 0.5) is 4.79 Å². The molecule has 5 nitrogen and oxygen atoms in total. The van der Waals surface area contributed by atoms with E-state index in [0.717, 1.165) is 11.9 Å². The van der Waals surface area contributed by atoms with Crippen molar-refractivity contribution in [3.63, 3.8) is 0 Å². The van der Waals surface area contributed by atoms with Crippen molar-refractivity contribution in [1.82, 2.24) is 4.90 Å². The minimum Gasteiger partial charge on any atom is -0.444 e. The van der Waals surface area contributed by atoms with E-state index < -0.39 is 5.60 Å². The third-order valence-electron chi connectivity index (χ3n) is 5.00. The normalized spacial score (nSPS) is 24.9. The summed E-state index contributed by atoms with van der Waals surface area (Å²) in [6.45, 7) is 16.4. The molecule has 0 spiro atoms. The molecular formula is C19H32BNO4. The van der Waals surface area contributed by atoms with Crippen LogP contribution in [0.5, 0.6) is 0 Å². The topological polar surface area (TPSA) is 48.0 Å². The molecule has 1 heterocycles. The number of amides is 1. The summed E-state index contributed by atoms with van der Waals surface area (Å²) < 4.78 is 17.7. The molecule has 1 atom stereocenters. The van der Waals surface area contributed by atoms with Crippen LogP contribution >= 0.6 is 0 Å². The lowest BCUT2D eigenvalue weighted by molar-refractivity contribution is 0.00578. The number of nitrogens with zero attached hydrogens (tertiary/aromatic N) is 1. The Morgan fingerprint density at radius 1 is 1.28 bits per heavy atom. The van der Waals surface area contributed by atoms with Gasteiger partial charge in [0.2, 0.25) is 0 Å². The lowest BCUT2D eigenvalue weighted by Crippen LogP contribution is -2.43. The first kappa shape index (κ1) is 20.1. The third-order valence-corrected chi connectivity index (χ3v) is 5.00. The molecule has 1 fully saturated rings. The maximum absolute atomic E-state index is 12.4. The van der Waals surface area contributed by atoms with Gasteiger partial charge >= 0.3 is 13.2 Å². The first-order valence-electron chi connectivity index (χ1n) is 9.10. The molecule has 6 heteroatoms. The van der Waals surface area contributed by atoms with Crippen molar-refractivity contribution in [3.8, 4) is 0 Å². The predicted molar refractivity (Wildman–Crippen MR) is 100 cm³/mol. The quantitative estimate of drug-likeness (QED) is 0.719. The Kier molecular flexibility index (Phi) is 5.46. The van der Waals surface area contributed by atoms with Crippen LogP contribution in [0.25, 0.3) is 0 Å². The molecule has 1 unspecified atom stereocenters. The zero-order valence-corrected chi connectivity index (χ0v) is 16.9. The number of carbonyl (C=O) groups is 1. The maximum atomic E-state index is 12.4. The molecule has 2 aliphatic rings. The number of allylic oxidation sites excluding steroid dienone is 2. The molecule has 0 radical (unpaired) electrons. The summed E-state index contributed by atoms with van der Waals surface area (Å²) in [5.74, 6) is 0. The molecule has 0 N–H and O–H groups in total. The van der Waals surface area contributed by atoms with Gasteiger partial charge in [0.25, 0.3) is 0 Å². The van der Waals surface area contributed by atoms with Crippen molar-refractivity contribution in [2.45, 2.75) is 84.7 Å². The molecule has 1 saturated heterocycles. The Morgan fingerprint density at radius 3 is 2.24 bits per heavy atom. The molecule has 0 aromatic carbocycles. The average Bonchev–Trinajstić information content (AvgIpc) is 2.67. The van der Waals surface area contributed by atoms with Crippen LogP contribution < -0.4 is 0 Å². The van der Waals surface area contributed by atoms with E-state index in [0.29, 0.717) is 6.54 Å². The van der Waals surface area contributed by atoms with Crippen molar-refractivity contribution < 1.29 is 18.8 Å². The predicted octanol–water partition coefficient (Wildman–Crippen LogP) is 4.13. The molecule has 25 heavy (non-hydrogen) atoms. The average molecular weight is 349 g/mol. The van der Waals surface area contributed by atoms with Gasteiger partial charge in [-0.3, -0.25) is 0 Å². The van der Waals surface area contributed by atoms with Crippen LogP contribution in [0.2, 0.25) is 0 Å². The van der Waals surface area contributed by atoms with Gasteiger partial charge in [-0.15, -0.1) is 0 Å². The Bertz CT molecular complexity index is 558. The number of rotatable bonds is 3. The van der Waals surface area contributed by atoms with Crippen LogP contribution in [0.15, 0.2) is 23.7 Å². The van der Waals surface area contributed by atoms with E-state index >= 15 is 0 Å². The van der Waals surface area contributed by atoms with E-state index in [-0.39, 0.29) is 30.5 Å². The monoisotopic (exact) mass is 349 g/mol. The first-order valence-corrected chi connectivity index (χ1v) is 9.10. The third kappa shape index (κ3) is 4.48. The molecule has 2 rings (SSSR count). The molecule has 140 valence electrons. The van der Waals surface area contributed by atoms with Crippen LogP contribution in [-0.2, 0) is 14.0 Å². The summed E-state index contributed by atoms with van der Waals surface area (Å²) in [5.41, 5.74) is -0.188. The van der Waals surface area contributed by atoms with E-state index in [2.05, 4.69) is 6.08 Å². The fraction of sp³-hybridized carbons (Fsp3) is 0.737. The molecule has 0 saturated carbocycles. The van der Waals surface area contributed by atoms with Crippen LogP contribution in [0.1, 0.15) is 61.8 Å². The van der Waals surface area contributed by atoms with Crippen molar-refractivity contribution in [2.75, 3.05) is 6.54 Å². The molecule has 0 aromatic heterocycles. The maximum Gasteiger partial charge on any atom is 0.494 e. The van der Waals surface area contributed by atoms with Gasteiger partial charge < -0.3 is 18.9 Å². The largest absolute Gasteiger partial charge is 0.494 e. The van der Waals surface area contributed by atoms with Gasteiger partial charge in [0, 0.05) is 6.54 Å². The van der Waals surface area contributed by atoms with Crippen LogP contribution in [0.3, 0.4) is 0 Å². The number of carbonyl (C=O) groups excluding carboxylic acids is 1. The highest BCUT2D eigenvalue weighted by molar-refractivity contribution is 6.55. The Labute approximate surface area is 152 Å². The van der Waals surface area contributed by atoms with Gasteiger partial charge in [0.15, 0.2) is 0 Å². The van der Waals surface area contributed by atoms with Gasteiger partial charge in [-0.1, -0.05) is 18.2 Å². The van der Waals surface area contributed by atoms with Gasteiger partial charge in [0.05, 0.1) is 17.2 Å². The summed E-state index contributed by atoms with van der Waals surface area (Å²) in [6.07, 6.45) is 6.58. The summed E-state index contributed by atoms with van der Waals surface area (Å²) in [6, 6.07) is -0.00831. The number of ether oxygens (including phenoxy) is 1. The summed E-state index contributed by atoms with van der Waals surface area (Å²) in [4.78, 5) is 14.1. The highest BCUT2D eigenvalue weighted by atomic mass is 16.7. The van der Waals surface area contributed by atoms with Crippen molar-refractivity contribution in [1.29, 1.82) is 0 Å². The molecule has 1 amide bonds. The molecule has 1 aliphatic heterocycles. The van der Waals surface area contributed by atoms with Gasteiger partial charge in [-0.25, -0.2) is 4.79 Å². The number of likely N-dealkylation sites (N-methyl/N-ethyl adjacent to an activating group) is 1. The van der Waals surface area contributed by atoms with E-state index in [4.69, 9.17) is 14.0 Å². The lowest BCUT2D eigenvalue weighted by atomic mass is 9.75. The van der Waals surface area contributed by atoms with Gasteiger partial charge in [0.1, 0.15) is 5.60 Å². The summed E-state index contributed by atoms with van der Waals surface area (Å²) >= 11 is 0. The van der Waals surface area contributed by atoms with E-state index in [1.165, 1.54) is 0 Å². The molecule has 0 aromatic rings. The van der Waals surface area contributed by atoms with Crippen LogP contribution in [-0.4, -0.2) is 47.5 Å². The zero-order chi connectivity index (χ0) is 19.0.